The maximum Gasteiger partial charge on any atom is 0.249 e. The molecule has 0 unspecified atom stereocenters. The van der Waals surface area contributed by atoms with Crippen molar-refractivity contribution in [3.05, 3.63) is 0 Å². The van der Waals surface area contributed by atoms with Crippen LogP contribution in [0.25, 0.3) is 0 Å². The SMILES string of the molecule is CCS(=O)(=O)N1CCC(C(=O)N2CCCCO2)CC1. The van der Waals surface area contributed by atoms with Crippen LogP contribution in [-0.2, 0) is 19.7 Å². The van der Waals surface area contributed by atoms with E-state index in [2.05, 4.69) is 0 Å². The molecule has 2 rings (SSSR count). The van der Waals surface area contributed by atoms with Gasteiger partial charge in [-0.2, -0.15) is 0 Å². The van der Waals surface area contributed by atoms with E-state index in [0.29, 0.717) is 39.1 Å². The molecule has 0 spiro atoms. The number of piperidine rings is 1. The lowest BCUT2D eigenvalue weighted by Gasteiger charge is -2.34. The Kier molecular flexibility index (Phi) is 4.81. The van der Waals surface area contributed by atoms with Gasteiger partial charge < -0.3 is 0 Å². The van der Waals surface area contributed by atoms with Crippen LogP contribution in [0.5, 0.6) is 0 Å². The lowest BCUT2D eigenvalue weighted by atomic mass is 9.97. The predicted octanol–water partition coefficient (Wildman–Crippen LogP) is 0.602. The molecule has 19 heavy (non-hydrogen) atoms. The van der Waals surface area contributed by atoms with Gasteiger partial charge in [-0.15, -0.1) is 0 Å². The number of hydrogen-bond acceptors (Lipinski definition) is 4. The minimum absolute atomic E-state index is 0.0215. The van der Waals surface area contributed by atoms with Gasteiger partial charge >= 0.3 is 0 Å². The monoisotopic (exact) mass is 290 g/mol. The van der Waals surface area contributed by atoms with Crippen molar-refractivity contribution in [2.75, 3.05) is 32.0 Å². The van der Waals surface area contributed by atoms with Gasteiger partial charge in [-0.05, 0) is 32.6 Å². The topological polar surface area (TPSA) is 66.9 Å². The molecule has 2 heterocycles. The first-order valence-corrected chi connectivity index (χ1v) is 8.57. The van der Waals surface area contributed by atoms with Crippen LogP contribution in [0.15, 0.2) is 0 Å². The number of carbonyl (C=O) groups is 1. The summed E-state index contributed by atoms with van der Waals surface area (Å²) < 4.78 is 25.0. The number of nitrogens with zero attached hydrogens (tertiary/aromatic N) is 2. The van der Waals surface area contributed by atoms with E-state index >= 15 is 0 Å². The molecule has 2 fully saturated rings. The molecule has 0 N–H and O–H groups in total. The molecule has 6 nitrogen and oxygen atoms in total. The number of sulfonamides is 1. The van der Waals surface area contributed by atoms with Crippen molar-refractivity contribution in [1.82, 2.24) is 9.37 Å². The molecule has 2 aliphatic heterocycles. The molecule has 0 aromatic rings. The minimum atomic E-state index is -3.12. The van der Waals surface area contributed by atoms with Crippen molar-refractivity contribution in [2.24, 2.45) is 5.92 Å². The van der Waals surface area contributed by atoms with E-state index < -0.39 is 10.0 Å². The van der Waals surface area contributed by atoms with E-state index in [1.54, 1.807) is 6.92 Å². The number of rotatable bonds is 3. The second kappa shape index (κ2) is 6.19. The van der Waals surface area contributed by atoms with Gasteiger partial charge in [0.1, 0.15) is 0 Å². The fraction of sp³-hybridized carbons (Fsp3) is 0.917. The second-order valence-corrected chi connectivity index (χ2v) is 7.31. The Bertz CT molecular complexity index is 409. The molecule has 0 radical (unpaired) electrons. The number of amides is 1. The fourth-order valence-corrected chi connectivity index (χ4v) is 3.67. The summed E-state index contributed by atoms with van der Waals surface area (Å²) in [7, 11) is -3.12. The Balaban J connectivity index is 1.87. The molecule has 0 bridgehead atoms. The fourth-order valence-electron chi connectivity index (χ4n) is 2.54. The molecule has 110 valence electrons. The zero-order chi connectivity index (χ0) is 13.9. The third kappa shape index (κ3) is 3.46. The van der Waals surface area contributed by atoms with Crippen molar-refractivity contribution < 1.29 is 18.0 Å². The largest absolute Gasteiger partial charge is 0.272 e. The van der Waals surface area contributed by atoms with Crippen molar-refractivity contribution in [2.45, 2.75) is 32.6 Å². The zero-order valence-electron chi connectivity index (χ0n) is 11.4. The molecule has 0 aliphatic carbocycles. The summed E-state index contributed by atoms with van der Waals surface area (Å²) in [6, 6.07) is 0. The molecule has 2 saturated heterocycles. The highest BCUT2D eigenvalue weighted by Gasteiger charge is 2.33. The van der Waals surface area contributed by atoms with Crippen LogP contribution < -0.4 is 0 Å². The Hall–Kier alpha value is -0.660. The van der Waals surface area contributed by atoms with Crippen LogP contribution in [0.1, 0.15) is 32.6 Å². The third-order valence-corrected chi connectivity index (χ3v) is 5.69. The molecule has 0 saturated carbocycles. The summed E-state index contributed by atoms with van der Waals surface area (Å²) in [6.07, 6.45) is 3.17. The number of hydrogen-bond donors (Lipinski definition) is 0. The predicted molar refractivity (Wildman–Crippen MR) is 70.7 cm³/mol. The van der Waals surface area contributed by atoms with Crippen molar-refractivity contribution >= 4 is 15.9 Å². The van der Waals surface area contributed by atoms with E-state index in [9.17, 15) is 13.2 Å². The molecular weight excluding hydrogens is 268 g/mol. The molecular formula is C12H22N2O4S. The Morgan fingerprint density at radius 2 is 1.89 bits per heavy atom. The van der Waals surface area contributed by atoms with Gasteiger partial charge in [-0.3, -0.25) is 9.63 Å². The maximum atomic E-state index is 12.2. The van der Waals surface area contributed by atoms with Crippen molar-refractivity contribution in [3.63, 3.8) is 0 Å². The van der Waals surface area contributed by atoms with E-state index in [0.717, 1.165) is 12.8 Å². The summed E-state index contributed by atoms with van der Waals surface area (Å²) in [5, 5.41) is 1.47. The van der Waals surface area contributed by atoms with Crippen LogP contribution in [0.3, 0.4) is 0 Å². The summed E-state index contributed by atoms with van der Waals surface area (Å²) in [6.45, 7) is 3.80. The van der Waals surface area contributed by atoms with Gasteiger partial charge in [0.15, 0.2) is 0 Å². The van der Waals surface area contributed by atoms with E-state index in [1.807, 2.05) is 0 Å². The maximum absolute atomic E-state index is 12.2. The van der Waals surface area contributed by atoms with Gasteiger partial charge in [-0.25, -0.2) is 17.8 Å². The Morgan fingerprint density at radius 3 is 2.42 bits per heavy atom. The summed E-state index contributed by atoms with van der Waals surface area (Å²) in [4.78, 5) is 17.6. The number of hydroxylamine groups is 2. The van der Waals surface area contributed by atoms with Crippen LogP contribution in [-0.4, -0.2) is 55.7 Å². The molecule has 1 amide bonds. The molecule has 2 aliphatic rings. The highest BCUT2D eigenvalue weighted by atomic mass is 32.2. The van der Waals surface area contributed by atoms with E-state index in [-0.39, 0.29) is 17.6 Å². The second-order valence-electron chi connectivity index (χ2n) is 5.05. The first-order chi connectivity index (χ1) is 9.04. The zero-order valence-corrected chi connectivity index (χ0v) is 12.2. The quantitative estimate of drug-likeness (QED) is 0.763. The van der Waals surface area contributed by atoms with Gasteiger partial charge in [0, 0.05) is 25.6 Å². The van der Waals surface area contributed by atoms with Gasteiger partial charge in [-0.1, -0.05) is 0 Å². The van der Waals surface area contributed by atoms with Crippen molar-refractivity contribution in [1.29, 1.82) is 0 Å². The lowest BCUT2D eigenvalue weighted by molar-refractivity contribution is -0.202. The molecule has 0 aromatic heterocycles. The third-order valence-electron chi connectivity index (χ3n) is 3.81. The first kappa shape index (κ1) is 14.7. The molecule has 7 heteroatoms. The van der Waals surface area contributed by atoms with Gasteiger partial charge in [0.05, 0.1) is 12.4 Å². The van der Waals surface area contributed by atoms with Crippen LogP contribution >= 0.6 is 0 Å². The average Bonchev–Trinajstić information content (AvgIpc) is 2.47. The summed E-state index contributed by atoms with van der Waals surface area (Å²) in [5.74, 6) is 0.0514. The first-order valence-electron chi connectivity index (χ1n) is 6.96. The number of carbonyl (C=O) groups excluding carboxylic acids is 1. The summed E-state index contributed by atoms with van der Waals surface area (Å²) in [5.41, 5.74) is 0. The smallest absolute Gasteiger partial charge is 0.249 e. The van der Waals surface area contributed by atoms with Crippen LogP contribution in [0.4, 0.5) is 0 Å². The van der Waals surface area contributed by atoms with Crippen molar-refractivity contribution in [3.8, 4) is 0 Å². The standard InChI is InChI=1S/C12H22N2O4S/c1-2-19(16,17)13-8-5-11(6-9-13)12(15)14-7-3-4-10-18-14/h11H,2-10H2,1H3. The Morgan fingerprint density at radius 1 is 1.21 bits per heavy atom. The Labute approximate surface area is 114 Å². The molecule has 0 atom stereocenters. The highest BCUT2D eigenvalue weighted by Crippen LogP contribution is 2.23. The molecule has 0 aromatic carbocycles. The average molecular weight is 290 g/mol. The van der Waals surface area contributed by atoms with Crippen LogP contribution in [0.2, 0.25) is 0 Å². The van der Waals surface area contributed by atoms with Crippen LogP contribution in [0, 0.1) is 5.92 Å². The van der Waals surface area contributed by atoms with E-state index in [1.165, 1.54) is 9.37 Å². The highest BCUT2D eigenvalue weighted by molar-refractivity contribution is 7.89. The van der Waals surface area contributed by atoms with Gasteiger partial charge in [0.25, 0.3) is 0 Å². The summed E-state index contributed by atoms with van der Waals surface area (Å²) >= 11 is 0. The van der Waals surface area contributed by atoms with Gasteiger partial charge in [0.2, 0.25) is 15.9 Å². The minimum Gasteiger partial charge on any atom is -0.272 e. The lowest BCUT2D eigenvalue weighted by Crippen LogP contribution is -2.45. The normalized spacial score (nSPS) is 23.5. The van der Waals surface area contributed by atoms with E-state index in [4.69, 9.17) is 4.84 Å².